The van der Waals surface area contributed by atoms with Crippen molar-refractivity contribution >= 4 is 41.1 Å². The van der Waals surface area contributed by atoms with E-state index in [9.17, 15) is 0 Å². The van der Waals surface area contributed by atoms with E-state index >= 15 is 0 Å². The summed E-state index contributed by atoms with van der Waals surface area (Å²) in [5.41, 5.74) is 0. The van der Waals surface area contributed by atoms with Crippen LogP contribution in [-0.2, 0) is 26.6 Å². The third-order valence-corrected chi connectivity index (χ3v) is 13.4. The molecule has 0 aliphatic heterocycles. The summed E-state index contributed by atoms with van der Waals surface area (Å²) in [6.45, 7) is 16.1. The van der Waals surface area contributed by atoms with Crippen molar-refractivity contribution in [1.82, 2.24) is 0 Å². The maximum absolute atomic E-state index is 5.93. The molecule has 0 fully saturated rings. The van der Waals surface area contributed by atoms with Crippen molar-refractivity contribution < 1.29 is 26.6 Å². The molecule has 0 aromatic carbocycles. The Morgan fingerprint density at radius 3 is 0.939 bits per heavy atom. The van der Waals surface area contributed by atoms with E-state index in [2.05, 4.69) is 0 Å². The summed E-state index contributed by atoms with van der Waals surface area (Å²) < 4.78 is 35.6. The van der Waals surface area contributed by atoms with E-state index in [1.807, 2.05) is 65.1 Å². The second kappa shape index (κ2) is 23.3. The average Bonchev–Trinajstić information content (AvgIpc) is 2.78. The molecule has 0 radical (unpaired) electrons. The van der Waals surface area contributed by atoms with Gasteiger partial charge in [0.05, 0.1) is 0 Å². The fraction of sp³-hybridized carbons (Fsp3) is 1.00. The molecule has 0 N–H and O–H groups in total. The van der Waals surface area contributed by atoms with Gasteiger partial charge in [-0.15, -0.1) is 0 Å². The highest BCUT2D eigenvalue weighted by molar-refractivity contribution is 7.99. The average molecular weight is 545 g/mol. The second-order valence-corrected chi connectivity index (χ2v) is 15.4. The first-order valence-corrected chi connectivity index (χ1v) is 19.2. The van der Waals surface area contributed by atoms with Crippen LogP contribution >= 0.6 is 23.5 Å². The molecule has 0 saturated heterocycles. The van der Waals surface area contributed by atoms with Gasteiger partial charge in [-0.3, -0.25) is 0 Å². The van der Waals surface area contributed by atoms with Crippen molar-refractivity contribution in [2.24, 2.45) is 0 Å². The van der Waals surface area contributed by atoms with E-state index < -0.39 is 17.6 Å². The molecule has 0 aliphatic carbocycles. The van der Waals surface area contributed by atoms with Crippen molar-refractivity contribution in [3.8, 4) is 0 Å². The molecule has 0 rings (SSSR count). The summed E-state index contributed by atoms with van der Waals surface area (Å²) in [6, 6.07) is 1.85. The Hall–Kier alpha value is 0.894. The molecule has 0 spiro atoms. The van der Waals surface area contributed by atoms with E-state index in [1.54, 1.807) is 0 Å². The monoisotopic (exact) mass is 544 g/mol. The van der Waals surface area contributed by atoms with Crippen molar-refractivity contribution in [3.05, 3.63) is 0 Å². The Labute approximate surface area is 215 Å². The van der Waals surface area contributed by atoms with E-state index in [1.165, 1.54) is 30.8 Å². The predicted molar refractivity (Wildman–Crippen MR) is 149 cm³/mol. The highest BCUT2D eigenvalue weighted by atomic mass is 32.2. The number of thioether (sulfide) groups is 2. The molecule has 0 atom stereocenters. The molecule has 0 amide bonds. The highest BCUT2D eigenvalue weighted by Crippen LogP contribution is 2.22. The van der Waals surface area contributed by atoms with Crippen molar-refractivity contribution in [2.75, 3.05) is 62.7 Å². The van der Waals surface area contributed by atoms with Gasteiger partial charge in [0.2, 0.25) is 0 Å². The van der Waals surface area contributed by atoms with Gasteiger partial charge in [-0.2, -0.15) is 23.5 Å². The largest absolute Gasteiger partial charge is 0.500 e. The highest BCUT2D eigenvalue weighted by Gasteiger charge is 2.40. The van der Waals surface area contributed by atoms with Crippen LogP contribution in [0, 0.1) is 0 Å². The van der Waals surface area contributed by atoms with Crippen LogP contribution < -0.4 is 0 Å². The minimum absolute atomic E-state index is 0.658. The van der Waals surface area contributed by atoms with Gasteiger partial charge < -0.3 is 26.6 Å². The number of hydrogen-bond donors (Lipinski definition) is 0. The van der Waals surface area contributed by atoms with Crippen LogP contribution in [0.2, 0.25) is 12.1 Å². The van der Waals surface area contributed by atoms with Gasteiger partial charge in [0.25, 0.3) is 0 Å². The molecule has 0 aliphatic rings. The number of hydrogen-bond acceptors (Lipinski definition) is 8. The summed E-state index contributed by atoms with van der Waals surface area (Å²) in [6.07, 6.45) is 6.10. The SMILES string of the molecule is CCO[Si](CCCSCCCCCSCCC[Si](OCC)(OCC)OCC)(OCC)OCC. The molecular weight excluding hydrogens is 493 g/mol. The smallest absolute Gasteiger partial charge is 0.374 e. The summed E-state index contributed by atoms with van der Waals surface area (Å²) in [7, 11) is -4.91. The maximum Gasteiger partial charge on any atom is 0.500 e. The minimum atomic E-state index is -2.46. The molecule has 10 heteroatoms. The Morgan fingerprint density at radius 2 is 0.667 bits per heavy atom. The Balaban J connectivity index is 3.79. The lowest BCUT2D eigenvalue weighted by Crippen LogP contribution is -2.46. The number of unbranched alkanes of at least 4 members (excludes halogenated alkanes) is 2. The van der Waals surface area contributed by atoms with E-state index in [4.69, 9.17) is 26.6 Å². The first kappa shape index (κ1) is 33.9. The van der Waals surface area contributed by atoms with E-state index in [0.29, 0.717) is 39.6 Å². The summed E-state index contributed by atoms with van der Waals surface area (Å²) in [4.78, 5) is 0. The molecule has 6 nitrogen and oxygen atoms in total. The first-order valence-electron chi connectivity index (χ1n) is 13.1. The lowest BCUT2D eigenvalue weighted by molar-refractivity contribution is 0.0704. The van der Waals surface area contributed by atoms with Gasteiger partial charge in [0.15, 0.2) is 0 Å². The van der Waals surface area contributed by atoms with Crippen LogP contribution in [0.15, 0.2) is 0 Å². The molecule has 0 bridgehead atoms. The summed E-state index contributed by atoms with van der Waals surface area (Å²) in [5, 5.41) is 0. The molecule has 0 unspecified atom stereocenters. The summed E-state index contributed by atoms with van der Waals surface area (Å²) in [5.74, 6) is 4.79. The third kappa shape index (κ3) is 17.1. The molecule has 0 heterocycles. The van der Waals surface area contributed by atoms with Crippen LogP contribution in [0.5, 0.6) is 0 Å². The predicted octanol–water partition coefficient (Wildman–Crippen LogP) is 6.50. The molecule has 0 aromatic heterocycles. The van der Waals surface area contributed by atoms with E-state index in [-0.39, 0.29) is 0 Å². The van der Waals surface area contributed by atoms with Crippen LogP contribution in [-0.4, -0.2) is 80.3 Å². The van der Waals surface area contributed by atoms with Gasteiger partial charge in [0.1, 0.15) is 0 Å². The standard InChI is InChI=1S/C23H52O6S2Si2/c1-7-24-32(25-8-2,26-9-3)22-16-20-30-18-14-13-15-19-31-21-17-23-33(27-10-4,28-11-5)29-12-6/h7-23H2,1-6H3. The topological polar surface area (TPSA) is 55.4 Å². The third-order valence-electron chi connectivity index (χ3n) is 4.81. The fourth-order valence-electron chi connectivity index (χ4n) is 3.57. The van der Waals surface area contributed by atoms with Crippen molar-refractivity contribution in [1.29, 1.82) is 0 Å². The van der Waals surface area contributed by atoms with Crippen molar-refractivity contribution in [2.45, 2.75) is 85.7 Å². The van der Waals surface area contributed by atoms with Crippen LogP contribution in [0.25, 0.3) is 0 Å². The Bertz CT molecular complexity index is 354. The van der Waals surface area contributed by atoms with Gasteiger partial charge in [0, 0.05) is 51.7 Å². The molecular formula is C23H52O6S2Si2. The van der Waals surface area contributed by atoms with Gasteiger partial charge in [-0.25, -0.2) is 0 Å². The zero-order chi connectivity index (χ0) is 24.7. The minimum Gasteiger partial charge on any atom is -0.374 e. The Kier molecular flexibility index (Phi) is 23.9. The second-order valence-electron chi connectivity index (χ2n) is 7.46. The molecule has 33 heavy (non-hydrogen) atoms. The van der Waals surface area contributed by atoms with Crippen LogP contribution in [0.3, 0.4) is 0 Å². The quantitative estimate of drug-likeness (QED) is 0.0903. The fourth-order valence-corrected chi connectivity index (χ4v) is 11.2. The van der Waals surface area contributed by atoms with Gasteiger partial charge >= 0.3 is 17.6 Å². The lowest BCUT2D eigenvalue weighted by Gasteiger charge is -2.28. The normalized spacial score (nSPS) is 12.5. The molecule has 200 valence electrons. The molecule has 0 saturated carbocycles. The lowest BCUT2D eigenvalue weighted by atomic mass is 10.3. The zero-order valence-electron chi connectivity index (χ0n) is 22.3. The van der Waals surface area contributed by atoms with Crippen molar-refractivity contribution in [3.63, 3.8) is 0 Å². The Morgan fingerprint density at radius 1 is 0.394 bits per heavy atom. The summed E-state index contributed by atoms with van der Waals surface area (Å²) >= 11 is 4.10. The van der Waals surface area contributed by atoms with Crippen LogP contribution in [0.1, 0.15) is 73.6 Å². The van der Waals surface area contributed by atoms with E-state index in [0.717, 1.165) is 36.4 Å². The van der Waals surface area contributed by atoms with Gasteiger partial charge in [-0.05, 0) is 90.2 Å². The molecule has 0 aromatic rings. The first-order chi connectivity index (χ1) is 16.1. The van der Waals surface area contributed by atoms with Crippen LogP contribution in [0.4, 0.5) is 0 Å². The maximum atomic E-state index is 5.93. The zero-order valence-corrected chi connectivity index (χ0v) is 25.9. The number of rotatable bonds is 26. The van der Waals surface area contributed by atoms with Gasteiger partial charge in [-0.1, -0.05) is 6.42 Å².